The van der Waals surface area contributed by atoms with Gasteiger partial charge in [0, 0.05) is 6.04 Å². The second-order valence-corrected chi connectivity index (χ2v) is 7.21. The van der Waals surface area contributed by atoms with Crippen LogP contribution >= 0.6 is 0 Å². The van der Waals surface area contributed by atoms with E-state index in [0.717, 1.165) is 17.8 Å². The van der Waals surface area contributed by atoms with Gasteiger partial charge < -0.3 is 0 Å². The van der Waals surface area contributed by atoms with Crippen molar-refractivity contribution in [2.45, 2.75) is 97.4 Å². The van der Waals surface area contributed by atoms with Crippen molar-refractivity contribution in [2.24, 2.45) is 23.6 Å². The van der Waals surface area contributed by atoms with Crippen LogP contribution in [0, 0.1) is 17.8 Å². The predicted octanol–water partition coefficient (Wildman–Crippen LogP) is 5.03. The minimum absolute atomic E-state index is 0.556. The molecule has 4 unspecified atom stereocenters. The third-order valence-corrected chi connectivity index (χ3v) is 5.54. The van der Waals surface area contributed by atoms with Gasteiger partial charge in [0.15, 0.2) is 0 Å². The molecule has 2 heteroatoms. The van der Waals surface area contributed by atoms with Crippen LogP contribution in [-0.2, 0) is 0 Å². The quantitative estimate of drug-likeness (QED) is 0.335. The normalized spacial score (nSPS) is 28.5. The van der Waals surface area contributed by atoms with E-state index >= 15 is 0 Å². The van der Waals surface area contributed by atoms with Crippen molar-refractivity contribution in [1.82, 2.24) is 5.43 Å². The minimum atomic E-state index is 0.556. The Balaban J connectivity index is 2.13. The lowest BCUT2D eigenvalue weighted by atomic mass is 9.72. The first-order valence-electron chi connectivity index (χ1n) is 9.15. The highest BCUT2D eigenvalue weighted by molar-refractivity contribution is 4.82. The summed E-state index contributed by atoms with van der Waals surface area (Å²) in [6, 6.07) is 0.556. The molecule has 3 N–H and O–H groups in total. The summed E-state index contributed by atoms with van der Waals surface area (Å²) < 4.78 is 0. The van der Waals surface area contributed by atoms with E-state index in [-0.39, 0.29) is 0 Å². The van der Waals surface area contributed by atoms with Crippen LogP contribution in [0.15, 0.2) is 0 Å². The number of hydrogen-bond donors (Lipinski definition) is 2. The number of rotatable bonds is 10. The van der Waals surface area contributed by atoms with Crippen LogP contribution in [0.4, 0.5) is 0 Å². The van der Waals surface area contributed by atoms with Crippen molar-refractivity contribution in [3.63, 3.8) is 0 Å². The fraction of sp³-hybridized carbons (Fsp3) is 1.00. The predicted molar refractivity (Wildman–Crippen MR) is 89.4 cm³/mol. The number of unbranched alkanes of at least 4 members (excludes halogenated alkanes) is 6. The number of hydrogen-bond acceptors (Lipinski definition) is 2. The van der Waals surface area contributed by atoms with Gasteiger partial charge in [0.1, 0.15) is 0 Å². The lowest BCUT2D eigenvalue weighted by Crippen LogP contribution is -2.43. The first kappa shape index (κ1) is 18.0. The Bertz CT molecular complexity index is 229. The highest BCUT2D eigenvalue weighted by atomic mass is 15.2. The maximum absolute atomic E-state index is 5.81. The van der Waals surface area contributed by atoms with Crippen molar-refractivity contribution in [1.29, 1.82) is 0 Å². The SMILES string of the molecule is CCCCCCCCCC(NN)C1CCC(C)C(C)C1. The Hall–Kier alpha value is -0.0800. The Morgan fingerprint density at radius 1 is 0.950 bits per heavy atom. The van der Waals surface area contributed by atoms with E-state index in [1.807, 2.05) is 0 Å². The molecule has 0 aromatic carbocycles. The molecule has 1 aliphatic carbocycles. The Kier molecular flexibility index (Phi) is 9.54. The van der Waals surface area contributed by atoms with Gasteiger partial charge in [-0.1, -0.05) is 72.1 Å². The molecule has 20 heavy (non-hydrogen) atoms. The first-order valence-corrected chi connectivity index (χ1v) is 9.15. The average Bonchev–Trinajstić information content (AvgIpc) is 2.45. The van der Waals surface area contributed by atoms with Crippen molar-refractivity contribution < 1.29 is 0 Å². The summed E-state index contributed by atoms with van der Waals surface area (Å²) in [6.07, 6.45) is 15.2. The van der Waals surface area contributed by atoms with E-state index in [9.17, 15) is 0 Å². The summed E-state index contributed by atoms with van der Waals surface area (Å²) in [7, 11) is 0. The molecule has 0 aliphatic heterocycles. The van der Waals surface area contributed by atoms with E-state index in [2.05, 4.69) is 26.2 Å². The first-order chi connectivity index (χ1) is 9.69. The van der Waals surface area contributed by atoms with Gasteiger partial charge in [-0.05, 0) is 37.0 Å². The van der Waals surface area contributed by atoms with Gasteiger partial charge in [0.05, 0.1) is 0 Å². The molecule has 1 rings (SSSR count). The molecule has 0 spiro atoms. The molecular formula is C18H38N2. The van der Waals surface area contributed by atoms with Gasteiger partial charge >= 0.3 is 0 Å². The lowest BCUT2D eigenvalue weighted by Gasteiger charge is -2.36. The zero-order valence-corrected chi connectivity index (χ0v) is 14.2. The summed E-state index contributed by atoms with van der Waals surface area (Å²) in [4.78, 5) is 0. The summed E-state index contributed by atoms with van der Waals surface area (Å²) in [6.45, 7) is 7.10. The molecule has 0 amide bonds. The molecule has 1 fully saturated rings. The van der Waals surface area contributed by atoms with Crippen LogP contribution in [0.25, 0.3) is 0 Å². The molecule has 2 nitrogen and oxygen atoms in total. The third kappa shape index (κ3) is 6.58. The highest BCUT2D eigenvalue weighted by Crippen LogP contribution is 2.35. The van der Waals surface area contributed by atoms with Gasteiger partial charge in [-0.2, -0.15) is 0 Å². The summed E-state index contributed by atoms with van der Waals surface area (Å²) in [5, 5.41) is 0. The number of hydrazine groups is 1. The van der Waals surface area contributed by atoms with Crippen LogP contribution in [0.1, 0.15) is 91.4 Å². The van der Waals surface area contributed by atoms with E-state index in [4.69, 9.17) is 5.84 Å². The average molecular weight is 283 g/mol. The second-order valence-electron chi connectivity index (χ2n) is 7.21. The molecule has 1 aliphatic rings. The van der Waals surface area contributed by atoms with E-state index in [0.29, 0.717) is 6.04 Å². The van der Waals surface area contributed by atoms with Gasteiger partial charge in [0.25, 0.3) is 0 Å². The molecule has 0 aromatic rings. The monoisotopic (exact) mass is 282 g/mol. The largest absolute Gasteiger partial charge is 0.271 e. The van der Waals surface area contributed by atoms with Gasteiger partial charge in [-0.3, -0.25) is 11.3 Å². The van der Waals surface area contributed by atoms with E-state index in [1.54, 1.807) is 0 Å². The summed E-state index contributed by atoms with van der Waals surface area (Å²) in [5.74, 6) is 8.41. The van der Waals surface area contributed by atoms with Crippen LogP contribution in [0.3, 0.4) is 0 Å². The number of nitrogens with two attached hydrogens (primary N) is 1. The Labute approximate surface area is 127 Å². The summed E-state index contributed by atoms with van der Waals surface area (Å²) in [5.41, 5.74) is 3.12. The van der Waals surface area contributed by atoms with Gasteiger partial charge in [0.2, 0.25) is 0 Å². The zero-order chi connectivity index (χ0) is 14.8. The van der Waals surface area contributed by atoms with Crippen molar-refractivity contribution in [3.8, 4) is 0 Å². The van der Waals surface area contributed by atoms with E-state index in [1.165, 1.54) is 70.6 Å². The van der Waals surface area contributed by atoms with Crippen molar-refractivity contribution >= 4 is 0 Å². The highest BCUT2D eigenvalue weighted by Gasteiger charge is 2.29. The fourth-order valence-corrected chi connectivity index (χ4v) is 3.73. The van der Waals surface area contributed by atoms with Gasteiger partial charge in [-0.25, -0.2) is 0 Å². The van der Waals surface area contributed by atoms with Crippen LogP contribution in [0.5, 0.6) is 0 Å². The van der Waals surface area contributed by atoms with Crippen molar-refractivity contribution in [3.05, 3.63) is 0 Å². The molecule has 1 saturated carbocycles. The van der Waals surface area contributed by atoms with Crippen molar-refractivity contribution in [2.75, 3.05) is 0 Å². The Morgan fingerprint density at radius 3 is 2.20 bits per heavy atom. The standard InChI is InChI=1S/C18H38N2/c1-4-5-6-7-8-9-10-11-18(20-19)17-13-12-15(2)16(3)14-17/h15-18,20H,4-14,19H2,1-3H3. The maximum atomic E-state index is 5.81. The van der Waals surface area contributed by atoms with Crippen LogP contribution in [0.2, 0.25) is 0 Å². The summed E-state index contributed by atoms with van der Waals surface area (Å²) >= 11 is 0. The maximum Gasteiger partial charge on any atom is 0.0238 e. The lowest BCUT2D eigenvalue weighted by molar-refractivity contribution is 0.165. The molecule has 0 radical (unpaired) electrons. The fourth-order valence-electron chi connectivity index (χ4n) is 3.73. The topological polar surface area (TPSA) is 38.0 Å². The van der Waals surface area contributed by atoms with Gasteiger partial charge in [-0.15, -0.1) is 0 Å². The Morgan fingerprint density at radius 2 is 1.60 bits per heavy atom. The third-order valence-electron chi connectivity index (χ3n) is 5.54. The molecule has 0 heterocycles. The van der Waals surface area contributed by atoms with Crippen LogP contribution in [-0.4, -0.2) is 6.04 Å². The molecule has 0 saturated heterocycles. The second kappa shape index (κ2) is 10.6. The zero-order valence-electron chi connectivity index (χ0n) is 14.2. The molecular weight excluding hydrogens is 244 g/mol. The molecule has 0 bridgehead atoms. The smallest absolute Gasteiger partial charge is 0.0238 e. The molecule has 120 valence electrons. The van der Waals surface area contributed by atoms with Crippen LogP contribution < -0.4 is 11.3 Å². The number of nitrogens with one attached hydrogen (secondary N) is 1. The van der Waals surface area contributed by atoms with E-state index < -0.39 is 0 Å². The minimum Gasteiger partial charge on any atom is -0.271 e. The molecule has 0 aromatic heterocycles. The molecule has 4 atom stereocenters.